The number of nitrogens with zero attached hydrogens (tertiary/aromatic N) is 4. The van der Waals surface area contributed by atoms with E-state index in [9.17, 15) is 9.90 Å². The minimum atomic E-state index is -1.02. The first-order chi connectivity index (χ1) is 17.4. The predicted octanol–water partition coefficient (Wildman–Crippen LogP) is 5.35. The highest BCUT2D eigenvalue weighted by Crippen LogP contribution is 2.45. The normalized spacial score (nSPS) is 23.3. The predicted molar refractivity (Wildman–Crippen MR) is 134 cm³/mol. The van der Waals surface area contributed by atoms with Crippen LogP contribution in [0.1, 0.15) is 83.1 Å². The first-order valence-electron chi connectivity index (χ1n) is 12.9. The van der Waals surface area contributed by atoms with Gasteiger partial charge in [-0.15, -0.1) is 0 Å². The van der Waals surface area contributed by atoms with Crippen molar-refractivity contribution in [1.82, 2.24) is 15.1 Å². The summed E-state index contributed by atoms with van der Waals surface area (Å²) in [5.74, 6) is 0.953. The van der Waals surface area contributed by atoms with E-state index in [0.717, 1.165) is 61.1 Å². The number of piperidine rings is 1. The SMILES string of the molecule is Cc1cc(C(=O)O)nc(N2[C@@H]3CC[C@H]2CC(OCc2c(-c4c(C)cccc4C)noc2C2CC2)C3)n1. The van der Waals surface area contributed by atoms with E-state index in [1.807, 2.05) is 6.92 Å². The summed E-state index contributed by atoms with van der Waals surface area (Å²) >= 11 is 0. The lowest BCUT2D eigenvalue weighted by Crippen LogP contribution is -2.46. The van der Waals surface area contributed by atoms with Crippen molar-refractivity contribution in [3.63, 3.8) is 0 Å². The molecule has 3 atom stereocenters. The Balaban J connectivity index is 1.21. The highest BCUT2D eigenvalue weighted by atomic mass is 16.5. The zero-order valence-electron chi connectivity index (χ0n) is 21.0. The van der Waals surface area contributed by atoms with E-state index in [1.165, 1.54) is 17.2 Å². The van der Waals surface area contributed by atoms with Gasteiger partial charge >= 0.3 is 5.97 Å². The molecular weight excluding hydrogens is 456 g/mol. The monoisotopic (exact) mass is 488 g/mol. The number of fused-ring (bicyclic) bond motifs is 2. The number of carboxylic acids is 1. The molecule has 3 aliphatic rings. The topological polar surface area (TPSA) is 102 Å². The molecule has 3 aromatic rings. The lowest BCUT2D eigenvalue weighted by molar-refractivity contribution is 0.0144. The van der Waals surface area contributed by atoms with Gasteiger partial charge in [0.05, 0.1) is 12.7 Å². The largest absolute Gasteiger partial charge is 0.477 e. The minimum Gasteiger partial charge on any atom is -0.477 e. The van der Waals surface area contributed by atoms with Gasteiger partial charge < -0.3 is 19.3 Å². The van der Waals surface area contributed by atoms with Crippen LogP contribution in [-0.2, 0) is 11.3 Å². The number of aryl methyl sites for hydroxylation is 3. The van der Waals surface area contributed by atoms with Crippen molar-refractivity contribution in [1.29, 1.82) is 0 Å². The average Bonchev–Trinajstić information content (AvgIpc) is 3.54. The van der Waals surface area contributed by atoms with E-state index in [2.05, 4.69) is 52.1 Å². The third-order valence-corrected chi connectivity index (χ3v) is 7.93. The number of hydrogen-bond acceptors (Lipinski definition) is 7. The molecule has 6 rings (SSSR count). The number of ether oxygens (including phenoxy) is 1. The van der Waals surface area contributed by atoms with Gasteiger partial charge in [-0.25, -0.2) is 14.8 Å². The Morgan fingerprint density at radius 1 is 1.08 bits per heavy atom. The Labute approximate surface area is 210 Å². The number of anilines is 1. The Kier molecular flexibility index (Phi) is 5.79. The van der Waals surface area contributed by atoms with Crippen LogP contribution in [0.5, 0.6) is 0 Å². The molecule has 0 spiro atoms. The van der Waals surface area contributed by atoms with E-state index in [4.69, 9.17) is 9.26 Å². The highest BCUT2D eigenvalue weighted by molar-refractivity contribution is 5.85. The van der Waals surface area contributed by atoms with Gasteiger partial charge in [-0.1, -0.05) is 23.4 Å². The van der Waals surface area contributed by atoms with Gasteiger partial charge in [0.25, 0.3) is 0 Å². The van der Waals surface area contributed by atoms with Crippen molar-refractivity contribution in [3.05, 3.63) is 58.1 Å². The lowest BCUT2D eigenvalue weighted by Gasteiger charge is -2.39. The van der Waals surface area contributed by atoms with Crippen LogP contribution >= 0.6 is 0 Å². The number of carboxylic acid groups (broad SMARTS) is 1. The summed E-state index contributed by atoms with van der Waals surface area (Å²) in [6.45, 7) is 6.55. The quantitative estimate of drug-likeness (QED) is 0.475. The first-order valence-corrected chi connectivity index (χ1v) is 12.9. The zero-order valence-corrected chi connectivity index (χ0v) is 21.0. The van der Waals surface area contributed by atoms with Gasteiger partial charge in [-0.05, 0) is 76.5 Å². The molecule has 36 heavy (non-hydrogen) atoms. The third-order valence-electron chi connectivity index (χ3n) is 7.93. The van der Waals surface area contributed by atoms with Gasteiger partial charge in [-0.3, -0.25) is 0 Å². The van der Waals surface area contributed by atoms with Gasteiger partial charge in [-0.2, -0.15) is 0 Å². The zero-order chi connectivity index (χ0) is 25.0. The molecule has 1 aliphatic carbocycles. The van der Waals surface area contributed by atoms with Crippen molar-refractivity contribution in [2.45, 2.75) is 90.0 Å². The lowest BCUT2D eigenvalue weighted by atomic mass is 9.96. The average molecular weight is 489 g/mol. The molecule has 4 heterocycles. The number of carbonyl (C=O) groups is 1. The summed E-state index contributed by atoms with van der Waals surface area (Å²) in [4.78, 5) is 22.7. The molecule has 1 unspecified atom stereocenters. The summed E-state index contributed by atoms with van der Waals surface area (Å²) in [5.41, 5.74) is 6.27. The Hall–Kier alpha value is -3.26. The maximum Gasteiger partial charge on any atom is 0.354 e. The fourth-order valence-corrected chi connectivity index (χ4v) is 6.08. The van der Waals surface area contributed by atoms with Gasteiger partial charge in [0.15, 0.2) is 5.69 Å². The number of hydrogen-bond donors (Lipinski definition) is 1. The van der Waals surface area contributed by atoms with Gasteiger partial charge in [0.2, 0.25) is 5.95 Å². The summed E-state index contributed by atoms with van der Waals surface area (Å²) < 4.78 is 12.5. The molecule has 8 heteroatoms. The molecule has 0 radical (unpaired) electrons. The maximum atomic E-state index is 11.5. The van der Waals surface area contributed by atoms with E-state index >= 15 is 0 Å². The van der Waals surface area contributed by atoms with Crippen LogP contribution < -0.4 is 4.90 Å². The standard InChI is InChI=1S/C28H32N4O4/c1-15-5-4-6-16(2)24(15)25-22(26(36-31-25)18-7-8-18)14-35-21-12-19-9-10-20(13-21)32(19)28-29-17(3)11-23(30-28)27(33)34/h4-6,11,18-21H,7-10,12-14H2,1-3H3,(H,33,34)/t19-,20+,21?. The van der Waals surface area contributed by atoms with Crippen LogP contribution in [0, 0.1) is 20.8 Å². The molecule has 2 aromatic heterocycles. The smallest absolute Gasteiger partial charge is 0.354 e. The molecule has 2 aliphatic heterocycles. The second kappa shape index (κ2) is 9.00. The molecule has 1 saturated carbocycles. The van der Waals surface area contributed by atoms with Gasteiger partial charge in [0.1, 0.15) is 11.5 Å². The molecule has 0 amide bonds. The van der Waals surface area contributed by atoms with Crippen LogP contribution in [-0.4, -0.2) is 44.4 Å². The van der Waals surface area contributed by atoms with Crippen molar-refractivity contribution < 1.29 is 19.2 Å². The second-order valence-electron chi connectivity index (χ2n) is 10.6. The van der Waals surface area contributed by atoms with E-state index in [1.54, 1.807) is 0 Å². The Morgan fingerprint density at radius 2 is 1.78 bits per heavy atom. The molecule has 2 bridgehead atoms. The van der Waals surface area contributed by atoms with Crippen LogP contribution in [0.3, 0.4) is 0 Å². The Morgan fingerprint density at radius 3 is 2.42 bits per heavy atom. The van der Waals surface area contributed by atoms with Crippen LogP contribution in [0.25, 0.3) is 11.3 Å². The summed E-state index contributed by atoms with van der Waals surface area (Å²) in [5, 5.41) is 14.0. The van der Waals surface area contributed by atoms with Crippen molar-refractivity contribution in [2.75, 3.05) is 4.90 Å². The summed E-state index contributed by atoms with van der Waals surface area (Å²) in [6.07, 6.45) is 6.24. The third kappa shape index (κ3) is 4.17. The van der Waals surface area contributed by atoms with Gasteiger partial charge in [0, 0.05) is 34.8 Å². The van der Waals surface area contributed by atoms with Crippen LogP contribution in [0.4, 0.5) is 5.95 Å². The Bertz CT molecular complexity index is 1280. The van der Waals surface area contributed by atoms with Crippen molar-refractivity contribution >= 4 is 11.9 Å². The molecule has 188 valence electrons. The molecule has 1 N–H and O–H groups in total. The van der Waals surface area contributed by atoms with Crippen LogP contribution in [0.2, 0.25) is 0 Å². The molecule has 3 fully saturated rings. The highest BCUT2D eigenvalue weighted by Gasteiger charge is 2.43. The summed E-state index contributed by atoms with van der Waals surface area (Å²) in [7, 11) is 0. The molecule has 8 nitrogen and oxygen atoms in total. The first kappa shape index (κ1) is 23.2. The molecule has 2 saturated heterocycles. The van der Waals surface area contributed by atoms with Crippen LogP contribution in [0.15, 0.2) is 28.8 Å². The molecule has 1 aromatic carbocycles. The van der Waals surface area contributed by atoms with E-state index < -0.39 is 5.97 Å². The minimum absolute atomic E-state index is 0.0503. The van der Waals surface area contributed by atoms with E-state index in [0.29, 0.717) is 24.2 Å². The number of aromatic nitrogens is 3. The van der Waals surface area contributed by atoms with E-state index in [-0.39, 0.29) is 23.9 Å². The fourth-order valence-electron chi connectivity index (χ4n) is 6.08. The second-order valence-corrected chi connectivity index (χ2v) is 10.6. The summed E-state index contributed by atoms with van der Waals surface area (Å²) in [6, 6.07) is 8.34. The fraction of sp³-hybridized carbons (Fsp3) is 0.500. The number of aromatic carboxylic acids is 1. The molecular formula is C28H32N4O4. The number of benzene rings is 1. The maximum absolute atomic E-state index is 11.5. The van der Waals surface area contributed by atoms with Crippen molar-refractivity contribution in [2.24, 2.45) is 0 Å². The van der Waals surface area contributed by atoms with Crippen molar-refractivity contribution in [3.8, 4) is 11.3 Å². The number of rotatable bonds is 7.